The van der Waals surface area contributed by atoms with E-state index < -0.39 is 0 Å². The van der Waals surface area contributed by atoms with E-state index in [4.69, 9.17) is 5.11 Å². The van der Waals surface area contributed by atoms with Crippen LogP contribution in [0.1, 0.15) is 24.9 Å². The van der Waals surface area contributed by atoms with E-state index in [0.29, 0.717) is 6.33 Å². The lowest BCUT2D eigenvalue weighted by Gasteiger charge is -2.40. The molecule has 132 valence electrons. The van der Waals surface area contributed by atoms with Crippen molar-refractivity contribution in [2.45, 2.75) is 19.4 Å². The Bertz CT molecular complexity index is 549. The third-order valence-corrected chi connectivity index (χ3v) is 4.45. The van der Waals surface area contributed by atoms with Crippen LogP contribution in [-0.4, -0.2) is 54.2 Å². The highest BCUT2D eigenvalue weighted by Gasteiger charge is 2.25. The Hall–Kier alpha value is -1.56. The summed E-state index contributed by atoms with van der Waals surface area (Å²) in [5, 5.41) is 8.95. The summed E-state index contributed by atoms with van der Waals surface area (Å²) >= 11 is 0. The standard InChI is InChI=1S/C19H26F2N2O/c1-16(4-2-9-20)19(17-5-7-18(21)8-6-17)23-13-11-22(12-14-23)10-3-15-24/h2,4-9,19,24H,3,10-15H2,1H3/b9-2+,16-4+. The minimum Gasteiger partial charge on any atom is -0.396 e. The molecule has 0 bridgehead atoms. The van der Waals surface area contributed by atoms with Gasteiger partial charge in [0.15, 0.2) is 0 Å². The SMILES string of the molecule is C/C(=C\C=C\F)C(c1ccc(F)cc1)N1CCN(CCCO)CC1. The molecule has 0 amide bonds. The summed E-state index contributed by atoms with van der Waals surface area (Å²) in [6.07, 6.45) is 4.48. The molecule has 1 heterocycles. The van der Waals surface area contributed by atoms with E-state index >= 15 is 0 Å². The molecule has 1 saturated heterocycles. The highest BCUT2D eigenvalue weighted by Crippen LogP contribution is 2.29. The number of aliphatic hydroxyl groups is 1. The summed E-state index contributed by atoms with van der Waals surface area (Å²) in [5.74, 6) is -0.253. The van der Waals surface area contributed by atoms with Gasteiger partial charge in [0.05, 0.1) is 12.4 Å². The van der Waals surface area contributed by atoms with E-state index in [0.717, 1.165) is 50.3 Å². The van der Waals surface area contributed by atoms with Gasteiger partial charge in [0.2, 0.25) is 0 Å². The number of benzene rings is 1. The number of piperazine rings is 1. The van der Waals surface area contributed by atoms with Crippen LogP contribution in [-0.2, 0) is 0 Å². The van der Waals surface area contributed by atoms with Gasteiger partial charge in [-0.2, -0.15) is 0 Å². The van der Waals surface area contributed by atoms with Crippen molar-refractivity contribution in [2.24, 2.45) is 0 Å². The van der Waals surface area contributed by atoms with Gasteiger partial charge in [-0.05, 0) is 37.1 Å². The lowest BCUT2D eigenvalue weighted by Crippen LogP contribution is -2.48. The third kappa shape index (κ3) is 5.23. The Labute approximate surface area is 142 Å². The van der Waals surface area contributed by atoms with Crippen LogP contribution in [0.4, 0.5) is 8.78 Å². The average Bonchev–Trinajstić information content (AvgIpc) is 2.61. The first-order chi connectivity index (χ1) is 11.7. The fourth-order valence-electron chi connectivity index (χ4n) is 3.23. The Balaban J connectivity index is 2.13. The first kappa shape index (κ1) is 18.8. The zero-order chi connectivity index (χ0) is 17.4. The van der Waals surface area contributed by atoms with Gasteiger partial charge in [0, 0.05) is 39.3 Å². The maximum Gasteiger partial charge on any atom is 0.123 e. The minimum absolute atomic E-state index is 0.0155. The Morgan fingerprint density at radius 3 is 2.46 bits per heavy atom. The second-order valence-electron chi connectivity index (χ2n) is 6.14. The molecular weight excluding hydrogens is 310 g/mol. The largest absolute Gasteiger partial charge is 0.396 e. The summed E-state index contributed by atoms with van der Waals surface area (Å²) in [7, 11) is 0. The molecule has 1 aliphatic heterocycles. The lowest BCUT2D eigenvalue weighted by molar-refractivity contribution is 0.102. The number of halogens is 2. The first-order valence-corrected chi connectivity index (χ1v) is 8.42. The van der Waals surface area contributed by atoms with Crippen LogP contribution in [0.2, 0.25) is 0 Å². The lowest BCUT2D eigenvalue weighted by atomic mass is 9.97. The molecule has 0 aromatic heterocycles. The topological polar surface area (TPSA) is 26.7 Å². The van der Waals surface area contributed by atoms with E-state index in [1.807, 2.05) is 6.92 Å². The predicted molar refractivity (Wildman–Crippen MR) is 92.9 cm³/mol. The highest BCUT2D eigenvalue weighted by molar-refractivity contribution is 5.29. The number of aliphatic hydroxyl groups excluding tert-OH is 1. The summed E-state index contributed by atoms with van der Waals surface area (Å²) in [5.41, 5.74) is 2.04. The monoisotopic (exact) mass is 336 g/mol. The molecule has 1 unspecified atom stereocenters. The van der Waals surface area contributed by atoms with E-state index in [9.17, 15) is 8.78 Å². The number of hydrogen-bond acceptors (Lipinski definition) is 3. The zero-order valence-electron chi connectivity index (χ0n) is 14.2. The highest BCUT2D eigenvalue weighted by atomic mass is 19.1. The molecule has 1 fully saturated rings. The zero-order valence-corrected chi connectivity index (χ0v) is 14.2. The molecule has 1 aromatic carbocycles. The van der Waals surface area contributed by atoms with Gasteiger partial charge in [0.1, 0.15) is 5.82 Å². The van der Waals surface area contributed by atoms with Gasteiger partial charge in [-0.3, -0.25) is 4.90 Å². The minimum atomic E-state index is -0.253. The van der Waals surface area contributed by atoms with Gasteiger partial charge >= 0.3 is 0 Å². The number of rotatable bonds is 7. The van der Waals surface area contributed by atoms with E-state index in [1.54, 1.807) is 18.2 Å². The first-order valence-electron chi connectivity index (χ1n) is 8.42. The maximum absolute atomic E-state index is 13.2. The summed E-state index contributed by atoms with van der Waals surface area (Å²) in [6.45, 7) is 6.75. The Morgan fingerprint density at radius 2 is 1.88 bits per heavy atom. The molecule has 2 rings (SSSR count). The molecule has 1 atom stereocenters. The molecular formula is C19H26F2N2O. The average molecular weight is 336 g/mol. The van der Waals surface area contributed by atoms with Crippen LogP contribution in [0.5, 0.6) is 0 Å². The summed E-state index contributed by atoms with van der Waals surface area (Å²) in [6, 6.07) is 6.56. The quantitative estimate of drug-likeness (QED) is 0.774. The van der Waals surface area contributed by atoms with Gasteiger partial charge in [-0.1, -0.05) is 23.8 Å². The Kier molecular flexibility index (Phi) is 7.56. The maximum atomic E-state index is 13.2. The van der Waals surface area contributed by atoms with Crippen LogP contribution < -0.4 is 0 Å². The van der Waals surface area contributed by atoms with Gasteiger partial charge in [-0.25, -0.2) is 8.78 Å². The van der Waals surface area contributed by atoms with Crippen molar-refractivity contribution in [3.05, 3.63) is 59.7 Å². The van der Waals surface area contributed by atoms with E-state index in [-0.39, 0.29) is 18.5 Å². The van der Waals surface area contributed by atoms with Crippen molar-refractivity contribution in [3.63, 3.8) is 0 Å². The molecule has 1 aromatic rings. The second-order valence-corrected chi connectivity index (χ2v) is 6.14. The van der Waals surface area contributed by atoms with E-state index in [2.05, 4.69) is 9.80 Å². The van der Waals surface area contributed by atoms with Gasteiger partial charge in [0.25, 0.3) is 0 Å². The fraction of sp³-hybridized carbons (Fsp3) is 0.474. The Morgan fingerprint density at radius 1 is 1.21 bits per heavy atom. The molecule has 5 heteroatoms. The molecule has 1 aliphatic rings. The van der Waals surface area contributed by atoms with Crippen molar-refractivity contribution in [1.82, 2.24) is 9.80 Å². The molecule has 24 heavy (non-hydrogen) atoms. The molecule has 0 spiro atoms. The number of nitrogens with zero attached hydrogens (tertiary/aromatic N) is 2. The summed E-state index contributed by atoms with van der Waals surface area (Å²) in [4.78, 5) is 4.69. The smallest absolute Gasteiger partial charge is 0.123 e. The van der Waals surface area contributed by atoms with Crippen LogP contribution in [0.15, 0.2) is 48.3 Å². The predicted octanol–water partition coefficient (Wildman–Crippen LogP) is 3.30. The molecule has 3 nitrogen and oxygen atoms in total. The van der Waals surface area contributed by atoms with Crippen molar-refractivity contribution in [1.29, 1.82) is 0 Å². The van der Waals surface area contributed by atoms with Crippen LogP contribution in [0, 0.1) is 5.82 Å². The van der Waals surface area contributed by atoms with Crippen molar-refractivity contribution in [2.75, 3.05) is 39.3 Å². The normalized spacial score (nSPS) is 19.1. The molecule has 1 N–H and O–H groups in total. The summed E-state index contributed by atoms with van der Waals surface area (Å²) < 4.78 is 25.6. The van der Waals surface area contributed by atoms with Crippen molar-refractivity contribution in [3.8, 4) is 0 Å². The second kappa shape index (κ2) is 9.67. The van der Waals surface area contributed by atoms with Crippen LogP contribution in [0.3, 0.4) is 0 Å². The molecule has 0 saturated carbocycles. The van der Waals surface area contributed by atoms with Gasteiger partial charge < -0.3 is 10.0 Å². The number of allylic oxidation sites excluding steroid dienone is 2. The van der Waals surface area contributed by atoms with Crippen molar-refractivity contribution < 1.29 is 13.9 Å². The van der Waals surface area contributed by atoms with Crippen molar-refractivity contribution >= 4 is 0 Å². The fourth-order valence-corrected chi connectivity index (χ4v) is 3.23. The third-order valence-electron chi connectivity index (χ3n) is 4.45. The molecule has 0 radical (unpaired) electrons. The molecule has 0 aliphatic carbocycles. The van der Waals surface area contributed by atoms with E-state index in [1.165, 1.54) is 18.2 Å². The van der Waals surface area contributed by atoms with Crippen LogP contribution in [0.25, 0.3) is 0 Å². The van der Waals surface area contributed by atoms with Gasteiger partial charge in [-0.15, -0.1) is 0 Å². The van der Waals surface area contributed by atoms with Crippen LogP contribution >= 0.6 is 0 Å². The number of hydrogen-bond donors (Lipinski definition) is 1.